The zero-order valence-electron chi connectivity index (χ0n) is 19.1. The van der Waals surface area contributed by atoms with Crippen LogP contribution < -0.4 is 15.5 Å². The van der Waals surface area contributed by atoms with Crippen LogP contribution in [0.3, 0.4) is 0 Å². The third-order valence-corrected chi connectivity index (χ3v) is 6.83. The summed E-state index contributed by atoms with van der Waals surface area (Å²) < 4.78 is 0. The Morgan fingerprint density at radius 2 is 1.81 bits per heavy atom. The fraction of sp³-hybridized carbons (Fsp3) is 0.480. The van der Waals surface area contributed by atoms with Gasteiger partial charge >= 0.3 is 0 Å². The van der Waals surface area contributed by atoms with Gasteiger partial charge in [0.2, 0.25) is 0 Å². The Morgan fingerprint density at radius 3 is 2.62 bits per heavy atom. The SMILES string of the molecule is CC1CNCCCC1Nc1nc(-c2ccc(N3CCN(C)CC3)cc2)cc2nccnc12. The fourth-order valence-corrected chi connectivity index (χ4v) is 4.72. The molecule has 2 aromatic heterocycles. The molecule has 3 aromatic rings. The van der Waals surface area contributed by atoms with E-state index in [4.69, 9.17) is 4.98 Å². The number of pyridine rings is 1. The summed E-state index contributed by atoms with van der Waals surface area (Å²) >= 11 is 0. The molecule has 1 aromatic carbocycles. The van der Waals surface area contributed by atoms with Gasteiger partial charge in [-0.2, -0.15) is 0 Å². The first-order valence-corrected chi connectivity index (χ1v) is 11.8. The molecule has 2 aliphatic heterocycles. The number of hydrogen-bond acceptors (Lipinski definition) is 7. The van der Waals surface area contributed by atoms with E-state index in [0.717, 1.165) is 73.8 Å². The van der Waals surface area contributed by atoms with Crippen molar-refractivity contribution in [3.8, 4) is 11.3 Å². The number of rotatable bonds is 4. The summed E-state index contributed by atoms with van der Waals surface area (Å²) in [6.07, 6.45) is 5.79. The molecule has 0 saturated carbocycles. The summed E-state index contributed by atoms with van der Waals surface area (Å²) in [6, 6.07) is 11.2. The van der Waals surface area contributed by atoms with Crippen LogP contribution in [0.15, 0.2) is 42.7 Å². The summed E-state index contributed by atoms with van der Waals surface area (Å²) in [7, 11) is 2.19. The molecular formula is C25H33N7. The molecule has 4 heterocycles. The monoisotopic (exact) mass is 431 g/mol. The maximum absolute atomic E-state index is 5.03. The number of anilines is 2. The van der Waals surface area contributed by atoms with Gasteiger partial charge in [0.05, 0.1) is 11.2 Å². The Kier molecular flexibility index (Phi) is 6.19. The van der Waals surface area contributed by atoms with Gasteiger partial charge in [-0.1, -0.05) is 19.1 Å². The second-order valence-corrected chi connectivity index (χ2v) is 9.19. The standard InChI is InChI=1S/C25H33N7/c1-18-17-26-9-3-4-21(18)29-25-24-23(27-10-11-28-24)16-22(30-25)19-5-7-20(8-6-19)32-14-12-31(2)13-15-32/h5-8,10-11,16,18,21,26H,3-4,9,12-15,17H2,1-2H3,(H,29,30). The van der Waals surface area contributed by atoms with Crippen LogP contribution in [-0.4, -0.2) is 72.2 Å². The van der Waals surface area contributed by atoms with Crippen molar-refractivity contribution in [3.63, 3.8) is 0 Å². The van der Waals surface area contributed by atoms with Crippen molar-refractivity contribution < 1.29 is 0 Å². The van der Waals surface area contributed by atoms with Gasteiger partial charge in [-0.3, -0.25) is 4.98 Å². The molecule has 0 bridgehead atoms. The number of aromatic nitrogens is 3. The predicted octanol–water partition coefficient (Wildman–Crippen LogP) is 3.24. The zero-order chi connectivity index (χ0) is 21.9. The zero-order valence-corrected chi connectivity index (χ0v) is 19.1. The minimum absolute atomic E-state index is 0.373. The molecule has 7 nitrogen and oxygen atoms in total. The Labute approximate surface area is 190 Å². The minimum Gasteiger partial charge on any atom is -0.369 e. The molecule has 2 atom stereocenters. The summed E-state index contributed by atoms with van der Waals surface area (Å²) in [5, 5.41) is 7.25. The van der Waals surface area contributed by atoms with Gasteiger partial charge in [0, 0.05) is 55.9 Å². The van der Waals surface area contributed by atoms with E-state index in [2.05, 4.69) is 74.7 Å². The maximum atomic E-state index is 5.03. The van der Waals surface area contributed by atoms with Gasteiger partial charge in [-0.05, 0) is 57.1 Å². The van der Waals surface area contributed by atoms with Crippen LogP contribution in [0.1, 0.15) is 19.8 Å². The van der Waals surface area contributed by atoms with Crippen LogP contribution in [0.25, 0.3) is 22.3 Å². The Hall–Kier alpha value is -2.77. The molecular weight excluding hydrogens is 398 g/mol. The van der Waals surface area contributed by atoms with Gasteiger partial charge in [-0.25, -0.2) is 9.97 Å². The van der Waals surface area contributed by atoms with Crippen LogP contribution in [-0.2, 0) is 0 Å². The first kappa shape index (κ1) is 21.1. The largest absolute Gasteiger partial charge is 0.369 e. The molecule has 0 radical (unpaired) electrons. The van der Waals surface area contributed by atoms with Gasteiger partial charge in [0.25, 0.3) is 0 Å². The topological polar surface area (TPSA) is 69.2 Å². The van der Waals surface area contributed by atoms with Gasteiger partial charge in [-0.15, -0.1) is 0 Å². The van der Waals surface area contributed by atoms with Crippen LogP contribution in [0.4, 0.5) is 11.5 Å². The lowest BCUT2D eigenvalue weighted by Gasteiger charge is -2.34. The van der Waals surface area contributed by atoms with Crippen molar-refractivity contribution in [2.75, 3.05) is 56.5 Å². The van der Waals surface area contributed by atoms with E-state index in [-0.39, 0.29) is 0 Å². The van der Waals surface area contributed by atoms with Crippen molar-refractivity contribution in [3.05, 3.63) is 42.7 Å². The summed E-state index contributed by atoms with van der Waals surface area (Å²) in [6.45, 7) is 8.76. The molecule has 2 saturated heterocycles. The van der Waals surface area contributed by atoms with E-state index in [0.29, 0.717) is 12.0 Å². The second kappa shape index (κ2) is 9.38. The molecule has 0 aliphatic carbocycles. The molecule has 0 amide bonds. The molecule has 32 heavy (non-hydrogen) atoms. The van der Waals surface area contributed by atoms with Crippen molar-refractivity contribution in [1.29, 1.82) is 0 Å². The Balaban J connectivity index is 1.44. The highest BCUT2D eigenvalue weighted by molar-refractivity contribution is 5.88. The van der Waals surface area contributed by atoms with E-state index in [1.807, 2.05) is 0 Å². The lowest BCUT2D eigenvalue weighted by Crippen LogP contribution is -2.44. The van der Waals surface area contributed by atoms with E-state index < -0.39 is 0 Å². The van der Waals surface area contributed by atoms with E-state index in [1.54, 1.807) is 12.4 Å². The average Bonchev–Trinajstić information content (AvgIpc) is 3.03. The average molecular weight is 432 g/mol. The number of nitrogens with one attached hydrogen (secondary N) is 2. The molecule has 2 aliphatic rings. The maximum Gasteiger partial charge on any atom is 0.155 e. The highest BCUT2D eigenvalue weighted by atomic mass is 15.2. The number of hydrogen-bond donors (Lipinski definition) is 2. The lowest BCUT2D eigenvalue weighted by molar-refractivity contribution is 0.313. The Bertz CT molecular complexity index is 1040. The van der Waals surface area contributed by atoms with E-state index in [9.17, 15) is 0 Å². The predicted molar refractivity (Wildman–Crippen MR) is 131 cm³/mol. The van der Waals surface area contributed by atoms with Crippen molar-refractivity contribution in [2.24, 2.45) is 5.92 Å². The first-order valence-electron chi connectivity index (χ1n) is 11.8. The van der Waals surface area contributed by atoms with Gasteiger partial charge < -0.3 is 20.4 Å². The third-order valence-electron chi connectivity index (χ3n) is 6.83. The van der Waals surface area contributed by atoms with Gasteiger partial charge in [0.1, 0.15) is 5.52 Å². The molecule has 5 rings (SSSR count). The first-order chi connectivity index (χ1) is 15.7. The molecule has 2 N–H and O–H groups in total. The normalized spacial score (nSPS) is 22.6. The van der Waals surface area contributed by atoms with Crippen LogP contribution >= 0.6 is 0 Å². The highest BCUT2D eigenvalue weighted by Gasteiger charge is 2.22. The smallest absolute Gasteiger partial charge is 0.155 e. The molecule has 7 heteroatoms. The van der Waals surface area contributed by atoms with E-state index >= 15 is 0 Å². The number of likely N-dealkylation sites (N-methyl/N-ethyl adjacent to an activating group) is 1. The summed E-state index contributed by atoms with van der Waals surface area (Å²) in [5.41, 5.74) is 5.04. The van der Waals surface area contributed by atoms with Crippen LogP contribution in [0.5, 0.6) is 0 Å². The number of fused-ring (bicyclic) bond motifs is 1. The molecule has 168 valence electrons. The lowest BCUT2D eigenvalue weighted by atomic mass is 9.99. The minimum atomic E-state index is 0.373. The van der Waals surface area contributed by atoms with Crippen molar-refractivity contribution in [2.45, 2.75) is 25.8 Å². The quantitative estimate of drug-likeness (QED) is 0.657. The van der Waals surface area contributed by atoms with Gasteiger partial charge in [0.15, 0.2) is 5.82 Å². The second-order valence-electron chi connectivity index (χ2n) is 9.19. The Morgan fingerprint density at radius 1 is 1.03 bits per heavy atom. The number of nitrogens with zero attached hydrogens (tertiary/aromatic N) is 5. The van der Waals surface area contributed by atoms with Crippen LogP contribution in [0.2, 0.25) is 0 Å². The highest BCUT2D eigenvalue weighted by Crippen LogP contribution is 2.29. The van der Waals surface area contributed by atoms with Crippen molar-refractivity contribution in [1.82, 2.24) is 25.2 Å². The summed E-state index contributed by atoms with van der Waals surface area (Å²) in [5.74, 6) is 1.37. The number of piperazine rings is 1. The van der Waals surface area contributed by atoms with Crippen molar-refractivity contribution >= 4 is 22.5 Å². The van der Waals surface area contributed by atoms with E-state index in [1.165, 1.54) is 12.1 Å². The van der Waals surface area contributed by atoms with Crippen LogP contribution in [0, 0.1) is 5.92 Å². The fourth-order valence-electron chi connectivity index (χ4n) is 4.72. The number of benzene rings is 1. The molecule has 2 unspecified atom stereocenters. The summed E-state index contributed by atoms with van der Waals surface area (Å²) in [4.78, 5) is 19.1. The molecule has 0 spiro atoms. The molecule has 2 fully saturated rings. The third kappa shape index (κ3) is 4.54.